The Morgan fingerprint density at radius 1 is 1.53 bits per heavy atom. The Hall–Kier alpha value is -0.940. The lowest BCUT2D eigenvalue weighted by Crippen LogP contribution is -2.39. The standard InChI is InChI=1S/C14H23N3OS/c1-5-7-15-12-6-8-17(14(12)18)10(3)13-9(2)16-11(4)19-13/h10,12,15H,5-8H2,1-4H3. The highest BCUT2D eigenvalue weighted by molar-refractivity contribution is 7.11. The van der Waals surface area contributed by atoms with Crippen LogP contribution in [0.4, 0.5) is 0 Å². The summed E-state index contributed by atoms with van der Waals surface area (Å²) in [5.74, 6) is 0.242. The molecule has 0 bridgehead atoms. The number of hydrogen-bond acceptors (Lipinski definition) is 4. The molecular formula is C14H23N3OS. The fourth-order valence-electron chi connectivity index (χ4n) is 2.67. The fraction of sp³-hybridized carbons (Fsp3) is 0.714. The second-order valence-corrected chi connectivity index (χ2v) is 6.42. The highest BCUT2D eigenvalue weighted by atomic mass is 32.1. The maximum Gasteiger partial charge on any atom is 0.240 e. The van der Waals surface area contributed by atoms with Crippen LogP contribution in [0.15, 0.2) is 0 Å². The quantitative estimate of drug-likeness (QED) is 0.901. The third-order valence-corrected chi connectivity index (χ3v) is 4.91. The Kier molecular flexibility index (Phi) is 4.58. The molecule has 2 unspecified atom stereocenters. The highest BCUT2D eigenvalue weighted by Gasteiger charge is 2.35. The molecule has 4 nitrogen and oxygen atoms in total. The molecule has 1 aromatic heterocycles. The topological polar surface area (TPSA) is 45.2 Å². The summed E-state index contributed by atoms with van der Waals surface area (Å²) < 4.78 is 0. The van der Waals surface area contributed by atoms with Crippen LogP contribution >= 0.6 is 11.3 Å². The van der Waals surface area contributed by atoms with E-state index in [0.29, 0.717) is 0 Å². The zero-order chi connectivity index (χ0) is 14.0. The van der Waals surface area contributed by atoms with Crippen LogP contribution in [-0.2, 0) is 4.79 Å². The van der Waals surface area contributed by atoms with Gasteiger partial charge in [0.1, 0.15) is 0 Å². The molecule has 1 amide bonds. The SMILES string of the molecule is CCCNC1CCN(C(C)c2sc(C)nc2C)C1=O. The predicted octanol–water partition coefficient (Wildman–Crippen LogP) is 2.42. The second kappa shape index (κ2) is 6.01. The molecule has 0 saturated carbocycles. The maximum atomic E-state index is 12.4. The molecule has 0 aliphatic carbocycles. The summed E-state index contributed by atoms with van der Waals surface area (Å²) in [6, 6.07) is 0.156. The van der Waals surface area contributed by atoms with Crippen molar-refractivity contribution in [2.75, 3.05) is 13.1 Å². The van der Waals surface area contributed by atoms with E-state index < -0.39 is 0 Å². The number of amides is 1. The van der Waals surface area contributed by atoms with Gasteiger partial charge in [-0.05, 0) is 40.2 Å². The number of aromatic nitrogens is 1. The molecule has 1 saturated heterocycles. The molecule has 2 atom stereocenters. The Bertz CT molecular complexity index is 458. The average molecular weight is 281 g/mol. The first-order chi connectivity index (χ1) is 9.04. The van der Waals surface area contributed by atoms with Crippen molar-refractivity contribution in [3.05, 3.63) is 15.6 Å². The van der Waals surface area contributed by atoms with Gasteiger partial charge in [-0.3, -0.25) is 4.79 Å². The van der Waals surface area contributed by atoms with Crippen molar-refractivity contribution in [3.63, 3.8) is 0 Å². The summed E-state index contributed by atoms with van der Waals surface area (Å²) in [6.07, 6.45) is 1.98. The molecular weight excluding hydrogens is 258 g/mol. The predicted molar refractivity (Wildman–Crippen MR) is 78.4 cm³/mol. The van der Waals surface area contributed by atoms with E-state index in [-0.39, 0.29) is 18.0 Å². The zero-order valence-corrected chi connectivity index (χ0v) is 13.0. The van der Waals surface area contributed by atoms with E-state index >= 15 is 0 Å². The van der Waals surface area contributed by atoms with Crippen molar-refractivity contribution < 1.29 is 4.79 Å². The van der Waals surface area contributed by atoms with Gasteiger partial charge in [-0.25, -0.2) is 4.98 Å². The van der Waals surface area contributed by atoms with E-state index in [4.69, 9.17) is 0 Å². The van der Waals surface area contributed by atoms with E-state index in [9.17, 15) is 4.79 Å². The van der Waals surface area contributed by atoms with Gasteiger partial charge < -0.3 is 10.2 Å². The molecule has 1 N–H and O–H groups in total. The summed E-state index contributed by atoms with van der Waals surface area (Å²) in [5.41, 5.74) is 1.06. The van der Waals surface area contributed by atoms with Crippen LogP contribution < -0.4 is 5.32 Å². The molecule has 1 aliphatic heterocycles. The second-order valence-electron chi connectivity index (χ2n) is 5.19. The minimum Gasteiger partial charge on any atom is -0.334 e. The van der Waals surface area contributed by atoms with Gasteiger partial charge in [-0.1, -0.05) is 6.92 Å². The number of carbonyl (C=O) groups excluding carboxylic acids is 1. The Balaban J connectivity index is 2.06. The van der Waals surface area contributed by atoms with Crippen molar-refractivity contribution in [2.24, 2.45) is 0 Å². The van der Waals surface area contributed by atoms with Crippen LogP contribution in [0.3, 0.4) is 0 Å². The molecule has 0 aromatic carbocycles. The number of rotatable bonds is 5. The first-order valence-corrected chi connectivity index (χ1v) is 7.84. The molecule has 1 aliphatic rings. The molecule has 0 radical (unpaired) electrons. The number of thiazole rings is 1. The summed E-state index contributed by atoms with van der Waals surface area (Å²) >= 11 is 1.71. The Morgan fingerprint density at radius 3 is 2.84 bits per heavy atom. The van der Waals surface area contributed by atoms with Gasteiger partial charge in [0, 0.05) is 11.4 Å². The minimum absolute atomic E-state index is 0.0109. The van der Waals surface area contributed by atoms with Crippen LogP contribution in [0, 0.1) is 13.8 Å². The smallest absolute Gasteiger partial charge is 0.240 e. The van der Waals surface area contributed by atoms with Crippen LogP contribution in [0.2, 0.25) is 0 Å². The Labute approximate surface area is 119 Å². The molecule has 1 fully saturated rings. The lowest BCUT2D eigenvalue weighted by Gasteiger charge is -2.24. The molecule has 5 heteroatoms. The van der Waals surface area contributed by atoms with E-state index in [0.717, 1.165) is 36.6 Å². The van der Waals surface area contributed by atoms with Crippen LogP contribution in [-0.4, -0.2) is 34.9 Å². The van der Waals surface area contributed by atoms with Gasteiger partial charge in [0.05, 0.1) is 22.8 Å². The monoisotopic (exact) mass is 281 g/mol. The van der Waals surface area contributed by atoms with Gasteiger partial charge in [0.15, 0.2) is 0 Å². The molecule has 0 spiro atoms. The van der Waals surface area contributed by atoms with Gasteiger partial charge >= 0.3 is 0 Å². The van der Waals surface area contributed by atoms with Crippen LogP contribution in [0.1, 0.15) is 48.3 Å². The molecule has 106 valence electrons. The number of carbonyl (C=O) groups is 1. The maximum absolute atomic E-state index is 12.4. The molecule has 2 rings (SSSR count). The van der Waals surface area contributed by atoms with E-state index in [1.54, 1.807) is 11.3 Å². The van der Waals surface area contributed by atoms with Gasteiger partial charge in [-0.15, -0.1) is 11.3 Å². The van der Waals surface area contributed by atoms with E-state index in [1.807, 2.05) is 18.7 Å². The van der Waals surface area contributed by atoms with Gasteiger partial charge in [0.25, 0.3) is 0 Å². The zero-order valence-electron chi connectivity index (χ0n) is 12.2. The summed E-state index contributed by atoms with van der Waals surface area (Å²) in [5, 5.41) is 4.41. The fourth-order valence-corrected chi connectivity index (χ4v) is 3.66. The van der Waals surface area contributed by atoms with Crippen LogP contribution in [0.25, 0.3) is 0 Å². The van der Waals surface area contributed by atoms with Crippen LogP contribution in [0.5, 0.6) is 0 Å². The first-order valence-electron chi connectivity index (χ1n) is 7.02. The summed E-state index contributed by atoms with van der Waals surface area (Å²) in [6.45, 7) is 10.0. The molecule has 19 heavy (non-hydrogen) atoms. The van der Waals surface area contributed by atoms with Crippen molar-refractivity contribution in [1.29, 1.82) is 0 Å². The van der Waals surface area contributed by atoms with Crippen molar-refractivity contribution in [1.82, 2.24) is 15.2 Å². The largest absolute Gasteiger partial charge is 0.334 e. The number of nitrogens with one attached hydrogen (secondary N) is 1. The Morgan fingerprint density at radius 2 is 2.26 bits per heavy atom. The van der Waals surface area contributed by atoms with Crippen molar-refractivity contribution in [2.45, 2.75) is 52.6 Å². The number of nitrogens with zero attached hydrogens (tertiary/aromatic N) is 2. The van der Waals surface area contributed by atoms with E-state index in [1.165, 1.54) is 4.88 Å². The lowest BCUT2D eigenvalue weighted by molar-refractivity contribution is -0.131. The first kappa shape index (κ1) is 14.5. The third kappa shape index (κ3) is 2.98. The van der Waals surface area contributed by atoms with E-state index in [2.05, 4.69) is 24.1 Å². The molecule has 1 aromatic rings. The summed E-state index contributed by atoms with van der Waals surface area (Å²) in [4.78, 5) is 20.1. The van der Waals surface area contributed by atoms with Crippen molar-refractivity contribution in [3.8, 4) is 0 Å². The number of aryl methyl sites for hydroxylation is 2. The third-order valence-electron chi connectivity index (χ3n) is 3.67. The normalized spacial score (nSPS) is 21.2. The van der Waals surface area contributed by atoms with Gasteiger partial charge in [-0.2, -0.15) is 0 Å². The number of likely N-dealkylation sites (tertiary alicyclic amines) is 1. The van der Waals surface area contributed by atoms with Gasteiger partial charge in [0.2, 0.25) is 5.91 Å². The highest BCUT2D eigenvalue weighted by Crippen LogP contribution is 2.31. The summed E-state index contributed by atoms with van der Waals surface area (Å²) in [7, 11) is 0. The lowest BCUT2D eigenvalue weighted by atomic mass is 10.2. The molecule has 2 heterocycles. The number of hydrogen-bond donors (Lipinski definition) is 1. The van der Waals surface area contributed by atoms with Crippen molar-refractivity contribution >= 4 is 17.2 Å². The minimum atomic E-state index is 0.0109. The average Bonchev–Trinajstić information content (AvgIpc) is 2.89.